The first-order chi connectivity index (χ1) is 13.6. The van der Waals surface area contributed by atoms with E-state index in [1.54, 1.807) is 7.11 Å². The van der Waals surface area contributed by atoms with Gasteiger partial charge in [-0.15, -0.1) is 0 Å². The molecule has 0 radical (unpaired) electrons. The van der Waals surface area contributed by atoms with Gasteiger partial charge in [0.05, 0.1) is 24.9 Å². The number of fused-ring (bicyclic) bond motifs is 1. The lowest BCUT2D eigenvalue weighted by Gasteiger charge is -2.14. The molecule has 2 aliphatic rings. The van der Waals surface area contributed by atoms with Crippen molar-refractivity contribution in [3.8, 4) is 11.8 Å². The number of ketones is 1. The topological polar surface area (TPSA) is 106 Å². The second-order valence-corrected chi connectivity index (χ2v) is 7.36. The summed E-state index contributed by atoms with van der Waals surface area (Å²) in [4.78, 5) is 18.3. The van der Waals surface area contributed by atoms with E-state index >= 15 is 0 Å². The Morgan fingerprint density at radius 1 is 1.29 bits per heavy atom. The molecule has 2 aromatic rings. The summed E-state index contributed by atoms with van der Waals surface area (Å²) in [5.41, 5.74) is 9.18. The van der Waals surface area contributed by atoms with Crippen LogP contribution in [0.1, 0.15) is 59.2 Å². The lowest BCUT2D eigenvalue weighted by atomic mass is 10.0. The largest absolute Gasteiger partial charge is 0.496 e. The molecule has 28 heavy (non-hydrogen) atoms. The zero-order valence-electron chi connectivity index (χ0n) is 15.9. The fraction of sp³-hybridized carbons (Fsp3) is 0.429. The van der Waals surface area contributed by atoms with Crippen molar-refractivity contribution in [2.24, 2.45) is 4.99 Å². The van der Waals surface area contributed by atoms with Crippen LogP contribution >= 0.6 is 0 Å². The van der Waals surface area contributed by atoms with Crippen molar-refractivity contribution >= 4 is 17.4 Å². The van der Waals surface area contributed by atoms with Gasteiger partial charge in [-0.05, 0) is 55.4 Å². The number of aliphatic imine (C=N–C) groups is 1. The summed E-state index contributed by atoms with van der Waals surface area (Å²) in [6, 6.07) is 5.93. The number of benzene rings is 1. The standard InChI is InChI=1S/C21H23N5O2/c1-28-18-10-14-6-4-5-13(14)9-17(18)19(27)21(25-16-7-2-3-8-16)26-20(23)15(11-22)12-24-26/h9-10,12,16H,2-8,23H2,1H3. The fourth-order valence-corrected chi connectivity index (χ4v) is 4.10. The van der Waals surface area contributed by atoms with Crippen LogP contribution in [0.4, 0.5) is 5.82 Å². The van der Waals surface area contributed by atoms with Crippen LogP contribution in [0.2, 0.25) is 0 Å². The number of nitriles is 1. The van der Waals surface area contributed by atoms with E-state index in [0.29, 0.717) is 11.3 Å². The Kier molecular flexibility index (Phi) is 4.86. The minimum Gasteiger partial charge on any atom is -0.496 e. The quantitative estimate of drug-likeness (QED) is 0.501. The molecule has 2 N–H and O–H groups in total. The zero-order valence-corrected chi connectivity index (χ0v) is 15.9. The molecule has 1 aromatic carbocycles. The van der Waals surface area contributed by atoms with Crippen LogP contribution < -0.4 is 10.5 Å². The highest BCUT2D eigenvalue weighted by Gasteiger charge is 2.27. The first kappa shape index (κ1) is 18.2. The fourth-order valence-electron chi connectivity index (χ4n) is 4.10. The molecule has 7 nitrogen and oxygen atoms in total. The maximum atomic E-state index is 13.6. The van der Waals surface area contributed by atoms with E-state index in [1.165, 1.54) is 22.0 Å². The number of rotatable bonds is 4. The number of nitrogens with zero attached hydrogens (tertiary/aromatic N) is 4. The maximum absolute atomic E-state index is 13.6. The molecule has 0 aliphatic heterocycles. The second-order valence-electron chi connectivity index (χ2n) is 7.36. The van der Waals surface area contributed by atoms with Gasteiger partial charge in [0.1, 0.15) is 23.2 Å². The maximum Gasteiger partial charge on any atom is 0.233 e. The molecule has 0 spiro atoms. The van der Waals surface area contributed by atoms with Crippen molar-refractivity contribution in [2.45, 2.75) is 51.0 Å². The van der Waals surface area contributed by atoms with Gasteiger partial charge in [-0.1, -0.05) is 12.8 Å². The highest BCUT2D eigenvalue weighted by molar-refractivity contribution is 6.46. The van der Waals surface area contributed by atoms with Crippen molar-refractivity contribution < 1.29 is 9.53 Å². The molecule has 1 aromatic heterocycles. The van der Waals surface area contributed by atoms with E-state index in [9.17, 15) is 10.1 Å². The van der Waals surface area contributed by atoms with Crippen LogP contribution in [-0.2, 0) is 12.8 Å². The molecule has 7 heteroatoms. The van der Waals surface area contributed by atoms with Gasteiger partial charge >= 0.3 is 0 Å². The number of carbonyl (C=O) groups excluding carboxylic acids is 1. The Hall–Kier alpha value is -3.14. The van der Waals surface area contributed by atoms with E-state index in [1.807, 2.05) is 18.2 Å². The summed E-state index contributed by atoms with van der Waals surface area (Å²) in [7, 11) is 1.57. The van der Waals surface area contributed by atoms with Gasteiger partial charge in [0.2, 0.25) is 5.78 Å². The minimum absolute atomic E-state index is 0.0634. The summed E-state index contributed by atoms with van der Waals surface area (Å²) >= 11 is 0. The molecular weight excluding hydrogens is 354 g/mol. The van der Waals surface area contributed by atoms with Crippen LogP contribution in [0.5, 0.6) is 5.75 Å². The SMILES string of the molecule is COc1cc2c(cc1C(=O)C(=NC1CCCC1)n1ncc(C#N)c1N)CCC2. The smallest absolute Gasteiger partial charge is 0.233 e. The molecule has 0 bridgehead atoms. The molecule has 1 saturated carbocycles. The molecule has 1 heterocycles. The summed E-state index contributed by atoms with van der Waals surface area (Å²) in [5.74, 6) is 0.545. The third-order valence-corrected chi connectivity index (χ3v) is 5.62. The average molecular weight is 377 g/mol. The van der Waals surface area contributed by atoms with E-state index in [0.717, 1.165) is 44.9 Å². The molecule has 2 aliphatic carbocycles. The molecular formula is C21H23N5O2. The van der Waals surface area contributed by atoms with Crippen LogP contribution in [0.3, 0.4) is 0 Å². The lowest BCUT2D eigenvalue weighted by molar-refractivity contribution is 0.105. The number of hydrogen-bond acceptors (Lipinski definition) is 6. The van der Waals surface area contributed by atoms with Crippen molar-refractivity contribution in [3.05, 3.63) is 40.6 Å². The van der Waals surface area contributed by atoms with Crippen LogP contribution in [-0.4, -0.2) is 34.6 Å². The molecule has 144 valence electrons. The van der Waals surface area contributed by atoms with Crippen LogP contribution in [0.25, 0.3) is 0 Å². The van der Waals surface area contributed by atoms with E-state index in [-0.39, 0.29) is 29.0 Å². The summed E-state index contributed by atoms with van der Waals surface area (Å²) < 4.78 is 6.81. The number of anilines is 1. The summed E-state index contributed by atoms with van der Waals surface area (Å²) in [5, 5.41) is 13.4. The molecule has 0 saturated heterocycles. The molecule has 1 fully saturated rings. The number of nitrogens with two attached hydrogens (primary N) is 1. The monoisotopic (exact) mass is 377 g/mol. The van der Waals surface area contributed by atoms with Gasteiger partial charge in [0.15, 0.2) is 5.84 Å². The number of ether oxygens (including phenoxy) is 1. The van der Waals surface area contributed by atoms with Gasteiger partial charge in [-0.25, -0.2) is 0 Å². The number of nitrogen functional groups attached to an aromatic ring is 1. The van der Waals surface area contributed by atoms with E-state index < -0.39 is 0 Å². The van der Waals surface area contributed by atoms with Gasteiger partial charge < -0.3 is 10.5 Å². The Morgan fingerprint density at radius 2 is 2.00 bits per heavy atom. The Balaban J connectivity index is 1.82. The van der Waals surface area contributed by atoms with Crippen molar-refractivity contribution in [3.63, 3.8) is 0 Å². The highest BCUT2D eigenvalue weighted by atomic mass is 16.5. The summed E-state index contributed by atoms with van der Waals surface area (Å²) in [6.07, 6.45) is 8.46. The number of aromatic nitrogens is 2. The average Bonchev–Trinajstić information content (AvgIpc) is 3.45. The second kappa shape index (κ2) is 7.47. The van der Waals surface area contributed by atoms with Gasteiger partial charge in [-0.3, -0.25) is 9.79 Å². The van der Waals surface area contributed by atoms with Gasteiger partial charge in [0.25, 0.3) is 0 Å². The highest BCUT2D eigenvalue weighted by Crippen LogP contribution is 2.31. The number of hydrogen-bond donors (Lipinski definition) is 1. The normalized spacial score (nSPS) is 16.8. The van der Waals surface area contributed by atoms with Crippen molar-refractivity contribution in [2.75, 3.05) is 12.8 Å². The molecule has 0 atom stereocenters. The predicted molar refractivity (Wildman–Crippen MR) is 106 cm³/mol. The molecule has 4 rings (SSSR count). The van der Waals surface area contributed by atoms with Crippen LogP contribution in [0, 0.1) is 11.3 Å². The van der Waals surface area contributed by atoms with Crippen molar-refractivity contribution in [1.82, 2.24) is 9.78 Å². The first-order valence-corrected chi connectivity index (χ1v) is 9.68. The number of carbonyl (C=O) groups is 1. The molecule has 0 unspecified atom stereocenters. The lowest BCUT2D eigenvalue weighted by Crippen LogP contribution is -2.28. The third-order valence-electron chi connectivity index (χ3n) is 5.62. The van der Waals surface area contributed by atoms with Crippen LogP contribution in [0.15, 0.2) is 23.3 Å². The summed E-state index contributed by atoms with van der Waals surface area (Å²) in [6.45, 7) is 0. The Labute approximate surface area is 163 Å². The zero-order chi connectivity index (χ0) is 19.7. The minimum atomic E-state index is -0.280. The van der Waals surface area contributed by atoms with E-state index in [2.05, 4.69) is 5.10 Å². The number of methoxy groups -OCH3 is 1. The third kappa shape index (κ3) is 3.15. The first-order valence-electron chi connectivity index (χ1n) is 9.68. The molecule has 0 amide bonds. The number of aryl methyl sites for hydroxylation is 2. The van der Waals surface area contributed by atoms with Gasteiger partial charge in [-0.2, -0.15) is 15.0 Å². The van der Waals surface area contributed by atoms with Gasteiger partial charge in [0, 0.05) is 0 Å². The Bertz CT molecular complexity index is 993. The van der Waals surface area contributed by atoms with Crippen molar-refractivity contribution in [1.29, 1.82) is 5.26 Å². The number of Topliss-reactive ketones (excluding diaryl/α,β-unsaturated/α-hetero) is 1. The Morgan fingerprint density at radius 3 is 2.64 bits per heavy atom. The van der Waals surface area contributed by atoms with E-state index in [4.69, 9.17) is 15.5 Å². The predicted octanol–water partition coefficient (Wildman–Crippen LogP) is 2.91.